The molecule has 2 aromatic rings. The van der Waals surface area contributed by atoms with Crippen LogP contribution >= 0.6 is 11.6 Å². The number of alkyl halides is 3. The van der Waals surface area contributed by atoms with E-state index < -0.39 is 35.4 Å². The Morgan fingerprint density at radius 3 is 2.25 bits per heavy atom. The second kappa shape index (κ2) is 6.64. The fraction of sp³-hybridized carbons (Fsp3) is 0.267. The van der Waals surface area contributed by atoms with Crippen LogP contribution in [0.4, 0.5) is 13.2 Å². The molecule has 0 unspecified atom stereocenters. The molecule has 2 rings (SSSR count). The number of carbonyl (C=O) groups is 1. The van der Waals surface area contributed by atoms with Gasteiger partial charge in [0.15, 0.2) is 17.1 Å². The molecule has 0 aliphatic carbocycles. The van der Waals surface area contributed by atoms with Crippen molar-refractivity contribution in [1.82, 2.24) is 9.97 Å². The van der Waals surface area contributed by atoms with E-state index in [-0.39, 0.29) is 11.4 Å². The predicted molar refractivity (Wildman–Crippen MR) is 80.2 cm³/mol. The maximum absolute atomic E-state index is 13.3. The molecule has 1 heterocycles. The van der Waals surface area contributed by atoms with E-state index in [0.717, 1.165) is 0 Å². The summed E-state index contributed by atoms with van der Waals surface area (Å²) in [7, 11) is 0. The summed E-state index contributed by atoms with van der Waals surface area (Å²) >= 11 is 5.75. The minimum absolute atomic E-state index is 0.246. The van der Waals surface area contributed by atoms with Crippen molar-refractivity contribution >= 4 is 17.6 Å². The second-order valence-corrected chi connectivity index (χ2v) is 5.49. The van der Waals surface area contributed by atoms with Gasteiger partial charge in [-0.2, -0.15) is 18.2 Å². The second-order valence-electron chi connectivity index (χ2n) is 5.05. The van der Waals surface area contributed by atoms with E-state index in [4.69, 9.17) is 21.4 Å². The number of aromatic carboxylic acids is 1. The van der Waals surface area contributed by atoms with Gasteiger partial charge >= 0.3 is 12.1 Å². The van der Waals surface area contributed by atoms with Gasteiger partial charge in [-0.1, -0.05) is 11.6 Å². The molecule has 0 radical (unpaired) electrons. The van der Waals surface area contributed by atoms with Crippen molar-refractivity contribution in [2.45, 2.75) is 26.1 Å². The first-order valence-electron chi connectivity index (χ1n) is 6.74. The lowest BCUT2D eigenvalue weighted by atomic mass is 10.1. The van der Waals surface area contributed by atoms with Gasteiger partial charge in [0.1, 0.15) is 0 Å². The zero-order valence-corrected chi connectivity index (χ0v) is 13.3. The molecule has 0 aliphatic heterocycles. The first-order chi connectivity index (χ1) is 11.1. The van der Waals surface area contributed by atoms with Gasteiger partial charge in [0, 0.05) is 10.6 Å². The van der Waals surface area contributed by atoms with E-state index in [1.165, 1.54) is 24.3 Å². The average Bonchev–Trinajstić information content (AvgIpc) is 2.45. The van der Waals surface area contributed by atoms with Crippen LogP contribution in [-0.4, -0.2) is 27.1 Å². The molecule has 0 bridgehead atoms. The molecule has 0 saturated carbocycles. The van der Waals surface area contributed by atoms with Crippen LogP contribution < -0.4 is 4.74 Å². The van der Waals surface area contributed by atoms with Crippen LogP contribution in [0.3, 0.4) is 0 Å². The molecule has 5 nitrogen and oxygen atoms in total. The first-order valence-corrected chi connectivity index (χ1v) is 7.12. The number of benzene rings is 1. The molecule has 1 aromatic heterocycles. The van der Waals surface area contributed by atoms with Crippen LogP contribution in [0.25, 0.3) is 11.4 Å². The van der Waals surface area contributed by atoms with Gasteiger partial charge in [-0.25, -0.2) is 9.78 Å². The largest absolute Gasteiger partial charge is 0.477 e. The summed E-state index contributed by atoms with van der Waals surface area (Å²) in [5, 5.41) is 9.53. The zero-order chi connectivity index (χ0) is 18.1. The summed E-state index contributed by atoms with van der Waals surface area (Å²) in [4.78, 5) is 18.5. The highest BCUT2D eigenvalue weighted by Gasteiger charge is 2.41. The minimum Gasteiger partial charge on any atom is -0.477 e. The van der Waals surface area contributed by atoms with Crippen molar-refractivity contribution in [3.63, 3.8) is 0 Å². The van der Waals surface area contributed by atoms with Crippen molar-refractivity contribution in [2.24, 2.45) is 0 Å². The number of rotatable bonds is 4. The topological polar surface area (TPSA) is 72.3 Å². The van der Waals surface area contributed by atoms with Gasteiger partial charge in [0.25, 0.3) is 0 Å². The van der Waals surface area contributed by atoms with Crippen molar-refractivity contribution in [2.75, 3.05) is 0 Å². The smallest absolute Gasteiger partial charge is 0.434 e. The summed E-state index contributed by atoms with van der Waals surface area (Å²) in [6.45, 7) is 3.09. The lowest BCUT2D eigenvalue weighted by Gasteiger charge is -2.16. The Bertz CT molecular complexity index is 762. The highest BCUT2D eigenvalue weighted by Crippen LogP contribution is 2.36. The molecule has 0 saturated heterocycles. The fourth-order valence-electron chi connectivity index (χ4n) is 1.87. The van der Waals surface area contributed by atoms with Crippen molar-refractivity contribution in [3.05, 3.63) is 40.5 Å². The Hall–Kier alpha value is -2.35. The fourth-order valence-corrected chi connectivity index (χ4v) is 2.00. The van der Waals surface area contributed by atoms with Crippen LogP contribution in [0.15, 0.2) is 24.3 Å². The Morgan fingerprint density at radius 1 is 1.21 bits per heavy atom. The van der Waals surface area contributed by atoms with Crippen molar-refractivity contribution in [1.29, 1.82) is 0 Å². The highest BCUT2D eigenvalue weighted by atomic mass is 35.5. The van der Waals surface area contributed by atoms with Gasteiger partial charge < -0.3 is 9.84 Å². The summed E-state index contributed by atoms with van der Waals surface area (Å²) in [5.41, 5.74) is -2.44. The molecule has 0 spiro atoms. The third kappa shape index (κ3) is 3.94. The van der Waals surface area contributed by atoms with Gasteiger partial charge in [0.05, 0.1) is 6.10 Å². The molecular weight excluding hydrogens is 349 g/mol. The first kappa shape index (κ1) is 18.0. The third-order valence-corrected chi connectivity index (χ3v) is 3.06. The van der Waals surface area contributed by atoms with E-state index in [9.17, 15) is 18.0 Å². The van der Waals surface area contributed by atoms with Gasteiger partial charge in [0.2, 0.25) is 5.88 Å². The quantitative estimate of drug-likeness (QED) is 0.880. The van der Waals surface area contributed by atoms with E-state index in [1.54, 1.807) is 13.8 Å². The molecule has 9 heteroatoms. The molecule has 24 heavy (non-hydrogen) atoms. The summed E-state index contributed by atoms with van der Waals surface area (Å²) < 4.78 is 44.9. The van der Waals surface area contributed by atoms with Crippen LogP contribution in [0.1, 0.15) is 29.9 Å². The number of halogens is 4. The van der Waals surface area contributed by atoms with Crippen molar-refractivity contribution in [3.8, 4) is 17.3 Å². The Kier molecular flexibility index (Phi) is 4.98. The van der Waals surface area contributed by atoms with Gasteiger partial charge in [-0.15, -0.1) is 0 Å². The maximum Gasteiger partial charge on any atom is 0.434 e. The number of nitrogens with zero attached hydrogens (tertiary/aromatic N) is 2. The SMILES string of the molecule is CC(C)Oc1nc(-c2ccc(Cl)cc2)nc(C(F)(F)F)c1C(=O)O. The lowest BCUT2D eigenvalue weighted by Crippen LogP contribution is -2.20. The Balaban J connectivity index is 2.74. The average molecular weight is 361 g/mol. The molecule has 1 aromatic carbocycles. The maximum atomic E-state index is 13.3. The normalized spacial score (nSPS) is 11.6. The molecule has 0 aliphatic rings. The van der Waals surface area contributed by atoms with E-state index in [1.807, 2.05) is 0 Å². The zero-order valence-electron chi connectivity index (χ0n) is 12.6. The van der Waals surface area contributed by atoms with E-state index in [0.29, 0.717) is 5.02 Å². The molecule has 0 amide bonds. The molecule has 128 valence electrons. The summed E-state index contributed by atoms with van der Waals surface area (Å²) in [5.74, 6) is -2.76. The van der Waals surface area contributed by atoms with Crippen LogP contribution in [0, 0.1) is 0 Å². The molecule has 0 atom stereocenters. The van der Waals surface area contributed by atoms with Crippen LogP contribution in [0.5, 0.6) is 5.88 Å². The van der Waals surface area contributed by atoms with Gasteiger partial charge in [-0.05, 0) is 38.1 Å². The number of aromatic nitrogens is 2. The monoisotopic (exact) mass is 360 g/mol. The molecule has 0 fully saturated rings. The minimum atomic E-state index is -4.98. The van der Waals surface area contributed by atoms with Crippen LogP contribution in [-0.2, 0) is 6.18 Å². The predicted octanol–water partition coefficient (Wildman–Crippen LogP) is 4.30. The standard InChI is InChI=1S/C15H12ClF3N2O3/c1-7(2)24-13-10(14(22)23)11(15(17,18)19)20-12(21-13)8-3-5-9(16)6-4-8/h3-7H,1-2H3,(H,22,23). The summed E-state index contributed by atoms with van der Waals surface area (Å²) in [6, 6.07) is 5.78. The number of hydrogen-bond donors (Lipinski definition) is 1. The van der Waals surface area contributed by atoms with Crippen molar-refractivity contribution < 1.29 is 27.8 Å². The number of hydrogen-bond acceptors (Lipinski definition) is 4. The highest BCUT2D eigenvalue weighted by molar-refractivity contribution is 6.30. The number of carboxylic acids is 1. The third-order valence-electron chi connectivity index (χ3n) is 2.81. The number of carboxylic acid groups (broad SMARTS) is 1. The Morgan fingerprint density at radius 2 is 1.79 bits per heavy atom. The lowest BCUT2D eigenvalue weighted by molar-refractivity contribution is -0.141. The van der Waals surface area contributed by atoms with E-state index in [2.05, 4.69) is 9.97 Å². The van der Waals surface area contributed by atoms with E-state index >= 15 is 0 Å². The molecule has 1 N–H and O–H groups in total. The number of ether oxygens (including phenoxy) is 1. The summed E-state index contributed by atoms with van der Waals surface area (Å²) in [6.07, 6.45) is -5.55. The van der Waals surface area contributed by atoms with Gasteiger partial charge in [-0.3, -0.25) is 0 Å². The Labute approximate surface area is 140 Å². The van der Waals surface area contributed by atoms with Crippen LogP contribution in [0.2, 0.25) is 5.02 Å². The molecular formula is C15H12ClF3N2O3.